The van der Waals surface area contributed by atoms with E-state index in [-0.39, 0.29) is 0 Å². The van der Waals surface area contributed by atoms with Crippen molar-refractivity contribution in [1.82, 2.24) is 14.9 Å². The molecule has 0 spiro atoms. The zero-order chi connectivity index (χ0) is 14.9. The first-order chi connectivity index (χ1) is 10.8. The Morgan fingerprint density at radius 2 is 2.00 bits per heavy atom. The van der Waals surface area contributed by atoms with Gasteiger partial charge in [-0.3, -0.25) is 9.88 Å². The normalized spacial score (nSPS) is 18.9. The van der Waals surface area contributed by atoms with Gasteiger partial charge in [-0.25, -0.2) is 4.98 Å². The quantitative estimate of drug-likeness (QED) is 0.712. The van der Waals surface area contributed by atoms with E-state index in [4.69, 9.17) is 4.98 Å². The van der Waals surface area contributed by atoms with Crippen LogP contribution in [0.15, 0.2) is 54.9 Å². The molecular weight excluding hydrogens is 270 g/mol. The molecule has 3 heterocycles. The van der Waals surface area contributed by atoms with Crippen molar-refractivity contribution in [1.29, 1.82) is 0 Å². The lowest BCUT2D eigenvalue weighted by atomic mass is 9.98. The highest BCUT2D eigenvalue weighted by molar-refractivity contribution is 5.81. The molecule has 4 rings (SSSR count). The molecule has 110 valence electrons. The third-order valence-corrected chi connectivity index (χ3v) is 4.61. The summed E-state index contributed by atoms with van der Waals surface area (Å²) in [7, 11) is 2.20. The van der Waals surface area contributed by atoms with Gasteiger partial charge in [0.2, 0.25) is 0 Å². The lowest BCUT2D eigenvalue weighted by Gasteiger charge is -2.22. The number of aromatic nitrogens is 2. The monoisotopic (exact) mass is 289 g/mol. The molecule has 0 N–H and O–H groups in total. The van der Waals surface area contributed by atoms with Gasteiger partial charge >= 0.3 is 0 Å². The van der Waals surface area contributed by atoms with Crippen molar-refractivity contribution in [2.24, 2.45) is 0 Å². The molecule has 0 unspecified atom stereocenters. The topological polar surface area (TPSA) is 29.0 Å². The van der Waals surface area contributed by atoms with E-state index in [0.717, 1.165) is 17.8 Å². The number of fused-ring (bicyclic) bond motifs is 1. The number of hydrogen-bond donors (Lipinski definition) is 0. The first-order valence-electron chi connectivity index (χ1n) is 7.83. The SMILES string of the molecule is CN1CCC[C@H]1c1cnccc1-c1ccc2ccccc2n1. The molecule has 0 saturated carbocycles. The van der Waals surface area contributed by atoms with Crippen LogP contribution < -0.4 is 0 Å². The Hall–Kier alpha value is -2.26. The Bertz CT molecular complexity index is 812. The molecule has 2 aromatic heterocycles. The third kappa shape index (κ3) is 2.28. The summed E-state index contributed by atoms with van der Waals surface area (Å²) in [5.41, 5.74) is 4.59. The van der Waals surface area contributed by atoms with Crippen molar-refractivity contribution >= 4 is 10.9 Å². The lowest BCUT2D eigenvalue weighted by molar-refractivity contribution is 0.317. The molecule has 0 aliphatic carbocycles. The van der Waals surface area contributed by atoms with E-state index in [1.54, 1.807) is 0 Å². The van der Waals surface area contributed by atoms with Gasteiger partial charge in [-0.2, -0.15) is 0 Å². The Labute approximate surface area is 130 Å². The zero-order valence-electron chi connectivity index (χ0n) is 12.7. The molecule has 3 aromatic rings. The van der Waals surface area contributed by atoms with Crippen LogP contribution in [0.4, 0.5) is 0 Å². The van der Waals surface area contributed by atoms with Gasteiger partial charge < -0.3 is 0 Å². The Morgan fingerprint density at radius 3 is 2.86 bits per heavy atom. The van der Waals surface area contributed by atoms with Gasteiger partial charge in [-0.15, -0.1) is 0 Å². The minimum Gasteiger partial charge on any atom is -0.299 e. The maximum atomic E-state index is 4.86. The Balaban J connectivity index is 1.84. The van der Waals surface area contributed by atoms with Gasteiger partial charge in [0.05, 0.1) is 11.2 Å². The average Bonchev–Trinajstić information content (AvgIpc) is 3.00. The molecule has 1 fully saturated rings. The highest BCUT2D eigenvalue weighted by Crippen LogP contribution is 2.35. The van der Waals surface area contributed by atoms with Crippen LogP contribution in [0, 0.1) is 0 Å². The van der Waals surface area contributed by atoms with E-state index in [2.05, 4.69) is 53.3 Å². The van der Waals surface area contributed by atoms with Crippen LogP contribution in [0.3, 0.4) is 0 Å². The van der Waals surface area contributed by atoms with Crippen molar-refractivity contribution in [2.75, 3.05) is 13.6 Å². The Morgan fingerprint density at radius 1 is 1.09 bits per heavy atom. The van der Waals surface area contributed by atoms with Crippen LogP contribution >= 0.6 is 0 Å². The number of pyridine rings is 2. The summed E-state index contributed by atoms with van der Waals surface area (Å²) in [6.45, 7) is 1.16. The number of nitrogens with zero attached hydrogens (tertiary/aromatic N) is 3. The molecule has 0 bridgehead atoms. The smallest absolute Gasteiger partial charge is 0.0714 e. The maximum absolute atomic E-state index is 4.86. The van der Waals surface area contributed by atoms with E-state index in [1.807, 2.05) is 18.5 Å². The van der Waals surface area contributed by atoms with Crippen molar-refractivity contribution in [3.63, 3.8) is 0 Å². The fraction of sp³-hybridized carbons (Fsp3) is 0.263. The summed E-state index contributed by atoms with van der Waals surface area (Å²) in [4.78, 5) is 11.6. The fourth-order valence-corrected chi connectivity index (χ4v) is 3.42. The molecule has 1 aliphatic heterocycles. The number of para-hydroxylation sites is 1. The minimum atomic E-state index is 0.456. The molecule has 22 heavy (non-hydrogen) atoms. The highest BCUT2D eigenvalue weighted by Gasteiger charge is 2.25. The second kappa shape index (κ2) is 5.50. The number of likely N-dealkylation sites (tertiary alicyclic amines) is 1. The molecule has 0 amide bonds. The summed E-state index contributed by atoms with van der Waals surface area (Å²) in [6, 6.07) is 15.1. The molecule has 0 radical (unpaired) electrons. The Kier molecular flexibility index (Phi) is 3.35. The van der Waals surface area contributed by atoms with Gasteiger partial charge in [0.1, 0.15) is 0 Å². The van der Waals surface area contributed by atoms with Crippen molar-refractivity contribution < 1.29 is 0 Å². The highest BCUT2D eigenvalue weighted by atomic mass is 15.1. The fourth-order valence-electron chi connectivity index (χ4n) is 3.42. The van der Waals surface area contributed by atoms with Crippen LogP contribution in [0.1, 0.15) is 24.4 Å². The third-order valence-electron chi connectivity index (χ3n) is 4.61. The summed E-state index contributed by atoms with van der Waals surface area (Å²) in [5, 5.41) is 1.18. The van der Waals surface area contributed by atoms with Gasteiger partial charge in [0.25, 0.3) is 0 Å². The molecule has 1 atom stereocenters. The summed E-state index contributed by atoms with van der Waals surface area (Å²) >= 11 is 0. The van der Waals surface area contributed by atoms with Gasteiger partial charge in [-0.05, 0) is 50.2 Å². The van der Waals surface area contributed by atoms with Crippen LogP contribution in [0.2, 0.25) is 0 Å². The van der Waals surface area contributed by atoms with Crippen molar-refractivity contribution in [3.05, 3.63) is 60.4 Å². The number of rotatable bonds is 2. The van der Waals surface area contributed by atoms with Crippen LogP contribution in [0.25, 0.3) is 22.2 Å². The molecule has 3 heteroatoms. The largest absolute Gasteiger partial charge is 0.299 e. The van der Waals surface area contributed by atoms with Gasteiger partial charge in [0, 0.05) is 29.4 Å². The van der Waals surface area contributed by atoms with Crippen LogP contribution in [0.5, 0.6) is 0 Å². The van der Waals surface area contributed by atoms with Crippen molar-refractivity contribution in [2.45, 2.75) is 18.9 Å². The minimum absolute atomic E-state index is 0.456. The average molecular weight is 289 g/mol. The number of benzene rings is 1. The summed E-state index contributed by atoms with van der Waals surface area (Å²) in [6.07, 6.45) is 6.33. The van der Waals surface area contributed by atoms with Gasteiger partial charge in [-0.1, -0.05) is 24.3 Å². The molecule has 1 aromatic carbocycles. The zero-order valence-corrected chi connectivity index (χ0v) is 12.7. The predicted molar refractivity (Wildman–Crippen MR) is 89.6 cm³/mol. The van der Waals surface area contributed by atoms with E-state index in [0.29, 0.717) is 6.04 Å². The molecule has 1 aliphatic rings. The van der Waals surface area contributed by atoms with Gasteiger partial charge in [0.15, 0.2) is 0 Å². The van der Waals surface area contributed by atoms with E-state index in [1.165, 1.54) is 29.4 Å². The summed E-state index contributed by atoms with van der Waals surface area (Å²) in [5.74, 6) is 0. The lowest BCUT2D eigenvalue weighted by Crippen LogP contribution is -2.18. The number of hydrogen-bond acceptors (Lipinski definition) is 3. The second-order valence-corrected chi connectivity index (χ2v) is 5.99. The predicted octanol–water partition coefficient (Wildman–Crippen LogP) is 4.06. The first-order valence-corrected chi connectivity index (χ1v) is 7.83. The molecule has 1 saturated heterocycles. The molecule has 3 nitrogen and oxygen atoms in total. The van der Waals surface area contributed by atoms with E-state index in [9.17, 15) is 0 Å². The van der Waals surface area contributed by atoms with Crippen LogP contribution in [-0.2, 0) is 0 Å². The first kappa shape index (κ1) is 13.4. The second-order valence-electron chi connectivity index (χ2n) is 5.99. The standard InChI is InChI=1S/C19H19N3/c1-22-12-4-7-19(22)16-13-20-11-10-15(16)18-9-8-14-5-2-3-6-17(14)21-18/h2-3,5-6,8-11,13,19H,4,7,12H2,1H3/t19-/m0/s1. The maximum Gasteiger partial charge on any atom is 0.0714 e. The molecular formula is C19H19N3. The van der Waals surface area contributed by atoms with E-state index < -0.39 is 0 Å². The van der Waals surface area contributed by atoms with E-state index >= 15 is 0 Å². The summed E-state index contributed by atoms with van der Waals surface area (Å²) < 4.78 is 0. The van der Waals surface area contributed by atoms with Crippen LogP contribution in [-0.4, -0.2) is 28.5 Å². The van der Waals surface area contributed by atoms with Crippen molar-refractivity contribution in [3.8, 4) is 11.3 Å².